The lowest BCUT2D eigenvalue weighted by Gasteiger charge is -2.22. The van der Waals surface area contributed by atoms with E-state index in [1.165, 1.54) is 13.0 Å². The number of hydrogen-bond donors (Lipinski definition) is 3. The molecule has 0 aromatic heterocycles. The fourth-order valence-electron chi connectivity index (χ4n) is 2.85. The van der Waals surface area contributed by atoms with Crippen molar-refractivity contribution in [3.8, 4) is 6.07 Å². The summed E-state index contributed by atoms with van der Waals surface area (Å²) in [5.74, 6) is -0.250. The van der Waals surface area contributed by atoms with E-state index in [0.717, 1.165) is 25.7 Å². The molecule has 0 bridgehead atoms. The number of carbonyl (C=O) groups is 2. The molecule has 1 aliphatic rings. The highest BCUT2D eigenvalue weighted by Crippen LogP contribution is 2.29. The number of nitrogens with one attached hydrogen (secondary N) is 2. The van der Waals surface area contributed by atoms with Crippen molar-refractivity contribution >= 4 is 11.8 Å². The summed E-state index contributed by atoms with van der Waals surface area (Å²) in [6.45, 7) is 8.77. The predicted molar refractivity (Wildman–Crippen MR) is 97.2 cm³/mol. The molecule has 0 spiro atoms. The second-order valence-electron chi connectivity index (χ2n) is 6.59. The van der Waals surface area contributed by atoms with Gasteiger partial charge in [-0.1, -0.05) is 13.8 Å². The Morgan fingerprint density at radius 2 is 2.08 bits per heavy atom. The number of likely N-dealkylation sites (tertiary alicyclic amines) is 1. The van der Waals surface area contributed by atoms with Crippen LogP contribution in [-0.4, -0.2) is 29.8 Å². The normalized spacial score (nSPS) is 19.1. The minimum atomic E-state index is -0.738. The van der Waals surface area contributed by atoms with Crippen molar-refractivity contribution in [2.75, 3.05) is 13.1 Å². The van der Waals surface area contributed by atoms with Crippen LogP contribution in [0.4, 0.5) is 0 Å². The van der Waals surface area contributed by atoms with Crippen LogP contribution in [0, 0.1) is 28.7 Å². The van der Waals surface area contributed by atoms with Gasteiger partial charge in [0.15, 0.2) is 0 Å². The number of imide groups is 1. The van der Waals surface area contributed by atoms with Crippen molar-refractivity contribution in [2.24, 2.45) is 22.7 Å². The van der Waals surface area contributed by atoms with Crippen LogP contribution in [0.5, 0.6) is 0 Å². The van der Waals surface area contributed by atoms with Crippen LogP contribution in [0.1, 0.15) is 34.1 Å². The van der Waals surface area contributed by atoms with Crippen LogP contribution in [0.3, 0.4) is 0 Å². The molecule has 8 nitrogen and oxygen atoms in total. The van der Waals surface area contributed by atoms with Gasteiger partial charge in [-0.3, -0.25) is 14.9 Å². The van der Waals surface area contributed by atoms with E-state index in [2.05, 4.69) is 35.2 Å². The summed E-state index contributed by atoms with van der Waals surface area (Å²) in [6.07, 6.45) is 3.51. The van der Waals surface area contributed by atoms with Crippen molar-refractivity contribution in [3.05, 3.63) is 34.8 Å². The number of hydrogen-bond acceptors (Lipinski definition) is 7. The van der Waals surface area contributed by atoms with Gasteiger partial charge in [-0.05, 0) is 31.3 Å². The molecule has 0 saturated carbocycles. The zero-order valence-corrected chi connectivity index (χ0v) is 15.7. The highest BCUT2D eigenvalue weighted by Gasteiger charge is 2.27. The fraction of sp³-hybridized carbons (Fsp3) is 0.500. The first-order valence-electron chi connectivity index (χ1n) is 8.44. The third-order valence-electron chi connectivity index (χ3n) is 4.43. The number of nitriles is 1. The fourth-order valence-corrected chi connectivity index (χ4v) is 2.85. The van der Waals surface area contributed by atoms with Gasteiger partial charge in [-0.25, -0.2) is 5.53 Å². The summed E-state index contributed by atoms with van der Waals surface area (Å²) < 4.78 is 0. The highest BCUT2D eigenvalue weighted by molar-refractivity contribution is 6.06. The van der Waals surface area contributed by atoms with Crippen LogP contribution in [0.2, 0.25) is 0 Å². The van der Waals surface area contributed by atoms with E-state index in [-0.39, 0.29) is 11.3 Å². The molecule has 2 amide bonds. The Labute approximate surface area is 153 Å². The lowest BCUT2D eigenvalue weighted by molar-refractivity contribution is -0.127. The third-order valence-corrected chi connectivity index (χ3v) is 4.43. The summed E-state index contributed by atoms with van der Waals surface area (Å²) in [6, 6.07) is 2.12. The summed E-state index contributed by atoms with van der Waals surface area (Å²) in [7, 11) is 0. The van der Waals surface area contributed by atoms with Crippen molar-refractivity contribution < 1.29 is 9.59 Å². The van der Waals surface area contributed by atoms with E-state index >= 15 is 0 Å². The molecule has 140 valence electrons. The summed E-state index contributed by atoms with van der Waals surface area (Å²) in [5, 5.41) is 14.8. The van der Waals surface area contributed by atoms with Crippen LogP contribution in [0.25, 0.3) is 0 Å². The minimum Gasteiger partial charge on any atom is -0.404 e. The van der Waals surface area contributed by atoms with Crippen molar-refractivity contribution in [3.63, 3.8) is 0 Å². The summed E-state index contributed by atoms with van der Waals surface area (Å²) >= 11 is 0. The lowest BCUT2D eigenvalue weighted by Crippen LogP contribution is -2.30. The third kappa shape index (κ3) is 5.28. The van der Waals surface area contributed by atoms with Crippen molar-refractivity contribution in [2.45, 2.75) is 34.1 Å². The zero-order chi connectivity index (χ0) is 19.9. The molecule has 0 radical (unpaired) electrons. The second kappa shape index (κ2) is 9.51. The molecule has 1 fully saturated rings. The SMILES string of the molecule is CC(=O)NC(=O)C(=C\N)/C(=C/C(=C(\C)C#N)N1CC[C@H](C(C)C)C1)N=N. The first-order valence-corrected chi connectivity index (χ1v) is 8.44. The molecule has 1 saturated heterocycles. The van der Waals surface area contributed by atoms with Gasteiger partial charge in [-0.15, -0.1) is 0 Å². The van der Waals surface area contributed by atoms with Gasteiger partial charge < -0.3 is 10.6 Å². The van der Waals surface area contributed by atoms with Crippen LogP contribution in [0.15, 0.2) is 39.9 Å². The highest BCUT2D eigenvalue weighted by atomic mass is 16.2. The van der Waals surface area contributed by atoms with E-state index in [1.54, 1.807) is 6.92 Å². The second-order valence-corrected chi connectivity index (χ2v) is 6.59. The molecule has 26 heavy (non-hydrogen) atoms. The van der Waals surface area contributed by atoms with Crippen LogP contribution in [-0.2, 0) is 9.59 Å². The largest absolute Gasteiger partial charge is 0.404 e. The molecular formula is C18H26N6O2. The van der Waals surface area contributed by atoms with Gasteiger partial charge in [0.05, 0.1) is 17.3 Å². The molecule has 1 aliphatic heterocycles. The molecule has 8 heteroatoms. The average molecular weight is 358 g/mol. The summed E-state index contributed by atoms with van der Waals surface area (Å²) in [4.78, 5) is 25.3. The van der Waals surface area contributed by atoms with E-state index in [0.29, 0.717) is 23.1 Å². The number of nitrogens with zero attached hydrogens (tertiary/aromatic N) is 3. The van der Waals surface area contributed by atoms with Gasteiger partial charge >= 0.3 is 0 Å². The number of nitrogens with two attached hydrogens (primary N) is 1. The number of allylic oxidation sites excluding steroid dienone is 2. The molecule has 0 aliphatic carbocycles. The topological polar surface area (TPSA) is 135 Å². The first kappa shape index (κ1) is 21.1. The molecule has 0 unspecified atom stereocenters. The number of carbonyl (C=O) groups excluding carboxylic acids is 2. The first-order chi connectivity index (χ1) is 12.2. The maximum absolute atomic E-state index is 12.1. The van der Waals surface area contributed by atoms with Gasteiger partial charge in [-0.2, -0.15) is 10.4 Å². The Balaban J connectivity index is 3.26. The van der Waals surface area contributed by atoms with Crippen LogP contribution >= 0.6 is 0 Å². The average Bonchev–Trinajstić information content (AvgIpc) is 3.07. The molecule has 1 rings (SSSR count). The Hall–Kier alpha value is -2.95. The maximum Gasteiger partial charge on any atom is 0.261 e. The molecule has 0 aromatic carbocycles. The minimum absolute atomic E-state index is 0.0103. The molecular weight excluding hydrogens is 332 g/mol. The monoisotopic (exact) mass is 358 g/mol. The molecule has 4 N–H and O–H groups in total. The Bertz CT molecular complexity index is 712. The zero-order valence-electron chi connectivity index (χ0n) is 15.7. The van der Waals surface area contributed by atoms with Crippen molar-refractivity contribution in [1.82, 2.24) is 10.2 Å². The van der Waals surface area contributed by atoms with Crippen LogP contribution < -0.4 is 11.1 Å². The van der Waals surface area contributed by atoms with E-state index in [4.69, 9.17) is 11.3 Å². The van der Waals surface area contributed by atoms with Crippen molar-refractivity contribution in [1.29, 1.82) is 10.8 Å². The Morgan fingerprint density at radius 1 is 1.42 bits per heavy atom. The van der Waals surface area contributed by atoms with Gasteiger partial charge in [0.25, 0.3) is 5.91 Å². The Morgan fingerprint density at radius 3 is 2.50 bits per heavy atom. The smallest absolute Gasteiger partial charge is 0.261 e. The summed E-state index contributed by atoms with van der Waals surface area (Å²) in [5.41, 5.74) is 13.9. The molecule has 0 aromatic rings. The number of rotatable bonds is 6. The van der Waals surface area contributed by atoms with E-state index < -0.39 is 11.8 Å². The van der Waals surface area contributed by atoms with E-state index in [1.807, 2.05) is 0 Å². The maximum atomic E-state index is 12.1. The predicted octanol–water partition coefficient (Wildman–Crippen LogP) is 2.18. The van der Waals surface area contributed by atoms with Gasteiger partial charge in [0.2, 0.25) is 5.91 Å². The molecule has 1 atom stereocenters. The van der Waals surface area contributed by atoms with E-state index in [9.17, 15) is 14.9 Å². The quantitative estimate of drug-likeness (QED) is 0.289. The Kier molecular flexibility index (Phi) is 7.72. The molecule has 1 heterocycles. The van der Waals surface area contributed by atoms with Gasteiger partial charge in [0.1, 0.15) is 5.70 Å². The number of amides is 2. The lowest BCUT2D eigenvalue weighted by atomic mass is 9.95. The standard InChI is InChI=1S/C18H26N6O2/c1-11(2)14-5-6-24(10-14)17(12(3)8-19)7-16(23-21)15(9-20)18(26)22-13(4)25/h7,9,11,14,21H,5-6,10,20H2,1-4H3,(H,22,25,26)/b15-9-,16-7-,17-12-,23-21?/t14-/m0/s1. The van der Waals surface area contributed by atoms with Gasteiger partial charge in [0, 0.05) is 31.8 Å².